The van der Waals surface area contributed by atoms with Gasteiger partial charge in [-0.1, -0.05) is 54.6 Å². The van der Waals surface area contributed by atoms with E-state index in [0.29, 0.717) is 12.3 Å². The second-order valence-corrected chi connectivity index (χ2v) is 6.51. The van der Waals surface area contributed by atoms with Crippen molar-refractivity contribution in [3.05, 3.63) is 60.2 Å². The van der Waals surface area contributed by atoms with Gasteiger partial charge in [-0.25, -0.2) is 0 Å². The second-order valence-electron chi connectivity index (χ2n) is 6.51. The molecule has 2 aromatic carbocycles. The van der Waals surface area contributed by atoms with Crippen molar-refractivity contribution in [2.24, 2.45) is 11.8 Å². The van der Waals surface area contributed by atoms with Gasteiger partial charge in [0, 0.05) is 0 Å². The van der Waals surface area contributed by atoms with Crippen LogP contribution in [0.4, 0.5) is 0 Å². The number of fused-ring (bicyclic) bond motifs is 1. The predicted octanol–water partition coefficient (Wildman–Crippen LogP) is 5.00. The first kappa shape index (κ1) is 14.8. The summed E-state index contributed by atoms with van der Waals surface area (Å²) in [7, 11) is 0. The quantitative estimate of drug-likeness (QED) is 0.809. The first-order chi connectivity index (χ1) is 10.6. The summed E-state index contributed by atoms with van der Waals surface area (Å²) in [6.45, 7) is 6.21. The summed E-state index contributed by atoms with van der Waals surface area (Å²) in [5.74, 6) is -0.244. The first-order valence-corrected chi connectivity index (χ1v) is 7.93. The highest BCUT2D eigenvalue weighted by Crippen LogP contribution is 2.44. The Balaban J connectivity index is 1.99. The summed E-state index contributed by atoms with van der Waals surface area (Å²) in [4.78, 5) is 11.4. The van der Waals surface area contributed by atoms with Gasteiger partial charge in [0.15, 0.2) is 0 Å². The highest BCUT2D eigenvalue weighted by molar-refractivity contribution is 5.83. The van der Waals surface area contributed by atoms with Gasteiger partial charge in [-0.3, -0.25) is 4.79 Å². The minimum absolute atomic E-state index is 0.230. The molecule has 2 aromatic rings. The number of benzene rings is 2. The molecule has 2 nitrogen and oxygen atoms in total. The SMILES string of the molecule is C=C(C)[C@@H]1CC[C@@H](C(=O)O)C[C@H]1c1ccc2ccccc2c1. The van der Waals surface area contributed by atoms with Crippen molar-refractivity contribution in [3.63, 3.8) is 0 Å². The Morgan fingerprint density at radius 1 is 1.14 bits per heavy atom. The monoisotopic (exact) mass is 294 g/mol. The van der Waals surface area contributed by atoms with Crippen molar-refractivity contribution in [1.29, 1.82) is 0 Å². The molecule has 0 aromatic heterocycles. The number of hydrogen-bond donors (Lipinski definition) is 1. The zero-order valence-corrected chi connectivity index (χ0v) is 13.0. The van der Waals surface area contributed by atoms with Crippen molar-refractivity contribution in [1.82, 2.24) is 0 Å². The summed E-state index contributed by atoms with van der Waals surface area (Å²) < 4.78 is 0. The molecule has 0 aliphatic heterocycles. The molecule has 0 unspecified atom stereocenters. The van der Waals surface area contributed by atoms with Crippen molar-refractivity contribution in [2.75, 3.05) is 0 Å². The molecule has 1 fully saturated rings. The maximum absolute atomic E-state index is 11.4. The standard InChI is InChI=1S/C20H22O2/c1-13(2)18-10-9-17(20(21)22)12-19(18)16-8-7-14-5-3-4-6-15(14)11-16/h3-8,11,17-19H,1,9-10,12H2,2H3,(H,21,22)/t17-,18+,19+/m1/s1. The summed E-state index contributed by atoms with van der Waals surface area (Å²) >= 11 is 0. The van der Waals surface area contributed by atoms with Gasteiger partial charge in [0.2, 0.25) is 0 Å². The van der Waals surface area contributed by atoms with Gasteiger partial charge in [-0.15, -0.1) is 0 Å². The van der Waals surface area contributed by atoms with Gasteiger partial charge in [-0.05, 0) is 54.4 Å². The zero-order chi connectivity index (χ0) is 15.7. The summed E-state index contributed by atoms with van der Waals surface area (Å²) in [5.41, 5.74) is 2.42. The van der Waals surface area contributed by atoms with Crippen molar-refractivity contribution in [3.8, 4) is 0 Å². The molecule has 0 amide bonds. The Morgan fingerprint density at radius 2 is 1.86 bits per heavy atom. The smallest absolute Gasteiger partial charge is 0.306 e. The Morgan fingerprint density at radius 3 is 2.55 bits per heavy atom. The minimum Gasteiger partial charge on any atom is -0.481 e. The maximum Gasteiger partial charge on any atom is 0.306 e. The molecule has 22 heavy (non-hydrogen) atoms. The fourth-order valence-electron chi connectivity index (χ4n) is 3.79. The fraction of sp³-hybridized carbons (Fsp3) is 0.350. The molecule has 0 saturated heterocycles. The Labute approximate surface area is 131 Å². The number of rotatable bonds is 3. The van der Waals surface area contributed by atoms with Crippen LogP contribution in [0.5, 0.6) is 0 Å². The molecule has 1 aliphatic rings. The molecular formula is C20H22O2. The third kappa shape index (κ3) is 2.78. The van der Waals surface area contributed by atoms with E-state index in [4.69, 9.17) is 0 Å². The Hall–Kier alpha value is -2.09. The van der Waals surface area contributed by atoms with E-state index < -0.39 is 5.97 Å². The molecule has 1 aliphatic carbocycles. The lowest BCUT2D eigenvalue weighted by molar-refractivity contribution is -0.143. The Kier molecular flexibility index (Phi) is 4.02. The van der Waals surface area contributed by atoms with Crippen LogP contribution in [0.2, 0.25) is 0 Å². The highest BCUT2D eigenvalue weighted by atomic mass is 16.4. The van der Waals surface area contributed by atoms with E-state index in [2.05, 4.69) is 43.8 Å². The lowest BCUT2D eigenvalue weighted by atomic mass is 9.69. The number of carboxylic acid groups (broad SMARTS) is 1. The molecule has 3 rings (SSSR count). The number of carboxylic acids is 1. The zero-order valence-electron chi connectivity index (χ0n) is 13.0. The third-order valence-electron chi connectivity index (χ3n) is 5.03. The van der Waals surface area contributed by atoms with E-state index in [0.717, 1.165) is 12.8 Å². The lowest BCUT2D eigenvalue weighted by Gasteiger charge is -2.35. The molecule has 114 valence electrons. The van der Waals surface area contributed by atoms with Crippen LogP contribution in [-0.4, -0.2) is 11.1 Å². The van der Waals surface area contributed by atoms with E-state index >= 15 is 0 Å². The van der Waals surface area contributed by atoms with Crippen LogP contribution in [-0.2, 0) is 4.79 Å². The molecular weight excluding hydrogens is 272 g/mol. The van der Waals surface area contributed by atoms with Gasteiger partial charge in [0.05, 0.1) is 5.92 Å². The number of carbonyl (C=O) groups is 1. The van der Waals surface area contributed by atoms with Gasteiger partial charge in [-0.2, -0.15) is 0 Å². The largest absolute Gasteiger partial charge is 0.481 e. The van der Waals surface area contributed by atoms with Gasteiger partial charge < -0.3 is 5.11 Å². The first-order valence-electron chi connectivity index (χ1n) is 7.93. The normalized spacial score (nSPS) is 25.0. The van der Waals surface area contributed by atoms with Crippen LogP contribution >= 0.6 is 0 Å². The van der Waals surface area contributed by atoms with E-state index in [1.807, 2.05) is 12.1 Å². The highest BCUT2D eigenvalue weighted by Gasteiger charge is 2.35. The topological polar surface area (TPSA) is 37.3 Å². The average molecular weight is 294 g/mol. The van der Waals surface area contributed by atoms with Crippen LogP contribution in [0.15, 0.2) is 54.6 Å². The van der Waals surface area contributed by atoms with E-state index in [9.17, 15) is 9.90 Å². The van der Waals surface area contributed by atoms with Crippen molar-refractivity contribution >= 4 is 16.7 Å². The third-order valence-corrected chi connectivity index (χ3v) is 5.03. The molecule has 1 saturated carbocycles. The van der Waals surface area contributed by atoms with Crippen molar-refractivity contribution in [2.45, 2.75) is 32.1 Å². The minimum atomic E-state index is -0.661. The van der Waals surface area contributed by atoms with E-state index in [1.165, 1.54) is 21.9 Å². The van der Waals surface area contributed by atoms with E-state index in [-0.39, 0.29) is 11.8 Å². The van der Waals surface area contributed by atoms with Crippen LogP contribution in [0.1, 0.15) is 37.7 Å². The predicted molar refractivity (Wildman–Crippen MR) is 90.0 cm³/mol. The van der Waals surface area contributed by atoms with E-state index in [1.54, 1.807) is 0 Å². The summed E-state index contributed by atoms with van der Waals surface area (Å²) in [6.07, 6.45) is 2.39. The molecule has 0 heterocycles. The summed E-state index contributed by atoms with van der Waals surface area (Å²) in [6, 6.07) is 14.8. The maximum atomic E-state index is 11.4. The van der Waals surface area contributed by atoms with Crippen LogP contribution < -0.4 is 0 Å². The molecule has 0 spiro atoms. The molecule has 2 heteroatoms. The van der Waals surface area contributed by atoms with Gasteiger partial charge in [0.25, 0.3) is 0 Å². The molecule has 1 N–H and O–H groups in total. The number of hydrogen-bond acceptors (Lipinski definition) is 1. The van der Waals surface area contributed by atoms with Gasteiger partial charge >= 0.3 is 5.97 Å². The molecule has 0 bridgehead atoms. The van der Waals surface area contributed by atoms with Crippen LogP contribution in [0.25, 0.3) is 10.8 Å². The van der Waals surface area contributed by atoms with Crippen LogP contribution in [0.3, 0.4) is 0 Å². The number of aliphatic carboxylic acids is 1. The second kappa shape index (κ2) is 5.96. The molecule has 3 atom stereocenters. The number of allylic oxidation sites excluding steroid dienone is 1. The lowest BCUT2D eigenvalue weighted by Crippen LogP contribution is -2.28. The average Bonchev–Trinajstić information content (AvgIpc) is 2.53. The van der Waals surface area contributed by atoms with Gasteiger partial charge in [0.1, 0.15) is 0 Å². The fourth-order valence-corrected chi connectivity index (χ4v) is 3.79. The van der Waals surface area contributed by atoms with Crippen LogP contribution in [0, 0.1) is 11.8 Å². The summed E-state index contributed by atoms with van der Waals surface area (Å²) in [5, 5.41) is 11.8. The van der Waals surface area contributed by atoms with Crippen molar-refractivity contribution < 1.29 is 9.90 Å². The Bertz CT molecular complexity index is 716. The molecule has 0 radical (unpaired) electrons.